The number of rotatable bonds is 10. The van der Waals surface area contributed by atoms with Gasteiger partial charge >= 0.3 is 5.63 Å². The largest absolute Gasteiger partial charge is 0.422 e. The molecular formula is C21H30O2S. The van der Waals surface area contributed by atoms with Crippen LogP contribution in [0.4, 0.5) is 0 Å². The Bertz CT molecular complexity index is 688. The van der Waals surface area contributed by atoms with Crippen LogP contribution in [0.15, 0.2) is 33.5 Å². The second-order valence-corrected chi connectivity index (χ2v) is 8.40. The van der Waals surface area contributed by atoms with Crippen LogP contribution < -0.4 is 5.63 Å². The zero-order chi connectivity index (χ0) is 17.4. The first-order chi connectivity index (χ1) is 11.6. The Morgan fingerprint density at radius 1 is 1.04 bits per heavy atom. The highest BCUT2D eigenvalue weighted by molar-refractivity contribution is 7.99. The lowest BCUT2D eigenvalue weighted by molar-refractivity contribution is 0.557. The number of hydrogen-bond acceptors (Lipinski definition) is 3. The molecule has 0 bridgehead atoms. The van der Waals surface area contributed by atoms with E-state index in [2.05, 4.69) is 44.7 Å². The van der Waals surface area contributed by atoms with Gasteiger partial charge in [0.1, 0.15) is 5.58 Å². The van der Waals surface area contributed by atoms with Gasteiger partial charge in [-0.2, -0.15) is 11.8 Å². The van der Waals surface area contributed by atoms with E-state index in [4.69, 9.17) is 4.42 Å². The molecule has 0 aliphatic rings. The third kappa shape index (κ3) is 6.01. The van der Waals surface area contributed by atoms with E-state index < -0.39 is 0 Å². The molecule has 0 saturated heterocycles. The van der Waals surface area contributed by atoms with Crippen LogP contribution in [-0.2, 0) is 12.8 Å². The van der Waals surface area contributed by atoms with Gasteiger partial charge in [-0.3, -0.25) is 0 Å². The van der Waals surface area contributed by atoms with E-state index in [1.54, 1.807) is 0 Å². The van der Waals surface area contributed by atoms with Crippen molar-refractivity contribution in [3.63, 3.8) is 0 Å². The topological polar surface area (TPSA) is 30.2 Å². The summed E-state index contributed by atoms with van der Waals surface area (Å²) in [5, 5.41) is 1.81. The Morgan fingerprint density at radius 3 is 2.54 bits per heavy atom. The van der Waals surface area contributed by atoms with Crippen molar-refractivity contribution in [1.82, 2.24) is 0 Å². The van der Waals surface area contributed by atoms with E-state index in [0.29, 0.717) is 0 Å². The van der Waals surface area contributed by atoms with Crippen molar-refractivity contribution in [2.24, 2.45) is 0 Å². The molecule has 0 aliphatic heterocycles. The van der Waals surface area contributed by atoms with Crippen molar-refractivity contribution in [2.45, 2.75) is 71.0 Å². The summed E-state index contributed by atoms with van der Waals surface area (Å²) < 4.78 is 5.38. The molecule has 1 aromatic heterocycles. The van der Waals surface area contributed by atoms with Crippen LogP contribution in [0.1, 0.15) is 64.0 Å². The van der Waals surface area contributed by atoms with Crippen LogP contribution in [0, 0.1) is 0 Å². The lowest BCUT2D eigenvalue weighted by Crippen LogP contribution is -1.98. The Hall–Kier alpha value is -1.22. The summed E-state index contributed by atoms with van der Waals surface area (Å²) in [6.45, 7) is 6.65. The SMILES string of the molecule is CCc1cc(CCCCCCCSC(C)C)cc2ccc(=O)oc12. The van der Waals surface area contributed by atoms with Gasteiger partial charge in [-0.1, -0.05) is 46.1 Å². The predicted molar refractivity (Wildman–Crippen MR) is 106 cm³/mol. The fourth-order valence-electron chi connectivity index (χ4n) is 3.01. The molecule has 0 fully saturated rings. The van der Waals surface area contributed by atoms with Crippen molar-refractivity contribution < 1.29 is 4.42 Å². The van der Waals surface area contributed by atoms with E-state index in [0.717, 1.165) is 34.6 Å². The maximum Gasteiger partial charge on any atom is 0.336 e. The van der Waals surface area contributed by atoms with Gasteiger partial charge in [-0.05, 0) is 59.9 Å². The summed E-state index contributed by atoms with van der Waals surface area (Å²) in [5.74, 6) is 1.30. The van der Waals surface area contributed by atoms with Crippen LogP contribution >= 0.6 is 11.8 Å². The molecule has 0 amide bonds. The van der Waals surface area contributed by atoms with Crippen molar-refractivity contribution >= 4 is 22.7 Å². The Balaban J connectivity index is 1.81. The average molecular weight is 347 g/mol. The van der Waals surface area contributed by atoms with Crippen LogP contribution in [0.25, 0.3) is 11.0 Å². The van der Waals surface area contributed by atoms with E-state index in [9.17, 15) is 4.79 Å². The van der Waals surface area contributed by atoms with Crippen LogP contribution in [0.2, 0.25) is 0 Å². The van der Waals surface area contributed by atoms with E-state index >= 15 is 0 Å². The van der Waals surface area contributed by atoms with Gasteiger partial charge in [-0.25, -0.2) is 4.79 Å². The highest BCUT2D eigenvalue weighted by atomic mass is 32.2. The molecular weight excluding hydrogens is 316 g/mol. The molecule has 0 unspecified atom stereocenters. The van der Waals surface area contributed by atoms with Gasteiger partial charge in [0.15, 0.2) is 0 Å². The van der Waals surface area contributed by atoms with E-state index in [1.165, 1.54) is 49.5 Å². The Kier molecular flexibility index (Phi) is 7.90. The van der Waals surface area contributed by atoms with Crippen LogP contribution in [0.5, 0.6) is 0 Å². The lowest BCUT2D eigenvalue weighted by atomic mass is 10.00. The van der Waals surface area contributed by atoms with Gasteiger partial charge in [-0.15, -0.1) is 0 Å². The molecule has 2 nitrogen and oxygen atoms in total. The van der Waals surface area contributed by atoms with Gasteiger partial charge < -0.3 is 4.42 Å². The van der Waals surface area contributed by atoms with E-state index in [1.807, 2.05) is 6.07 Å². The second-order valence-electron chi connectivity index (χ2n) is 6.72. The first kappa shape index (κ1) is 19.1. The highest BCUT2D eigenvalue weighted by Crippen LogP contribution is 2.22. The number of benzene rings is 1. The third-order valence-corrected chi connectivity index (χ3v) is 5.49. The number of hydrogen-bond donors (Lipinski definition) is 0. The fourth-order valence-corrected chi connectivity index (χ4v) is 3.85. The standard InChI is InChI=1S/C21H30O2S/c1-4-18-14-17(15-19-11-12-20(22)23-21(18)19)10-8-6-5-7-9-13-24-16(2)3/h11-12,14-16H,4-10,13H2,1-3H3. The van der Waals surface area contributed by atoms with Crippen molar-refractivity contribution in [2.75, 3.05) is 5.75 Å². The smallest absolute Gasteiger partial charge is 0.336 e. The quantitative estimate of drug-likeness (QED) is 0.391. The number of thioether (sulfide) groups is 1. The lowest BCUT2D eigenvalue weighted by Gasteiger charge is -2.08. The maximum absolute atomic E-state index is 11.4. The minimum Gasteiger partial charge on any atom is -0.422 e. The number of aryl methyl sites for hydroxylation is 2. The zero-order valence-corrected chi connectivity index (χ0v) is 16.1. The summed E-state index contributed by atoms with van der Waals surface area (Å²) in [4.78, 5) is 11.4. The van der Waals surface area contributed by atoms with E-state index in [-0.39, 0.29) is 5.63 Å². The summed E-state index contributed by atoms with van der Waals surface area (Å²) in [6, 6.07) is 7.79. The molecule has 0 saturated carbocycles. The minimum absolute atomic E-state index is 0.263. The molecule has 132 valence electrons. The maximum atomic E-state index is 11.4. The zero-order valence-electron chi connectivity index (χ0n) is 15.3. The first-order valence-corrected chi connectivity index (χ1v) is 10.3. The van der Waals surface area contributed by atoms with Gasteiger partial charge in [0.25, 0.3) is 0 Å². The monoisotopic (exact) mass is 346 g/mol. The van der Waals surface area contributed by atoms with Crippen LogP contribution in [0.3, 0.4) is 0 Å². The van der Waals surface area contributed by atoms with Crippen molar-refractivity contribution in [1.29, 1.82) is 0 Å². The number of fused-ring (bicyclic) bond motifs is 1. The molecule has 1 aromatic carbocycles. The Labute approximate surface area is 150 Å². The summed E-state index contributed by atoms with van der Waals surface area (Å²) in [5.41, 5.74) is 3.01. The molecule has 24 heavy (non-hydrogen) atoms. The summed E-state index contributed by atoms with van der Waals surface area (Å²) in [6.07, 6.45) is 8.58. The molecule has 0 N–H and O–H groups in total. The Morgan fingerprint density at radius 2 is 1.79 bits per heavy atom. The molecule has 0 atom stereocenters. The number of unbranched alkanes of at least 4 members (excludes halogenated alkanes) is 4. The van der Waals surface area contributed by atoms with Crippen molar-refractivity contribution in [3.05, 3.63) is 45.8 Å². The van der Waals surface area contributed by atoms with Gasteiger partial charge in [0.2, 0.25) is 0 Å². The molecule has 0 aliphatic carbocycles. The predicted octanol–water partition coefficient (Wildman–Crippen LogP) is 5.99. The van der Waals surface area contributed by atoms with Crippen LogP contribution in [-0.4, -0.2) is 11.0 Å². The average Bonchev–Trinajstić information content (AvgIpc) is 2.56. The first-order valence-electron chi connectivity index (χ1n) is 9.27. The molecule has 1 heterocycles. The summed E-state index contributed by atoms with van der Waals surface area (Å²) >= 11 is 2.07. The fraction of sp³-hybridized carbons (Fsp3) is 0.571. The van der Waals surface area contributed by atoms with Crippen molar-refractivity contribution in [3.8, 4) is 0 Å². The third-order valence-electron chi connectivity index (χ3n) is 4.30. The molecule has 3 heteroatoms. The molecule has 0 spiro atoms. The minimum atomic E-state index is -0.263. The van der Waals surface area contributed by atoms with Gasteiger partial charge in [0.05, 0.1) is 0 Å². The van der Waals surface area contributed by atoms with Gasteiger partial charge in [0, 0.05) is 11.5 Å². The molecule has 2 aromatic rings. The molecule has 2 rings (SSSR count). The normalized spacial score (nSPS) is 11.5. The summed E-state index contributed by atoms with van der Waals surface area (Å²) in [7, 11) is 0. The second kappa shape index (κ2) is 9.93. The highest BCUT2D eigenvalue weighted by Gasteiger charge is 2.06. The molecule has 0 radical (unpaired) electrons.